The molecule has 0 aliphatic rings. The molecule has 8 nitrogen and oxygen atoms in total. The Morgan fingerprint density at radius 3 is 2.22 bits per heavy atom. The average Bonchev–Trinajstić information content (AvgIpc) is 2.90. The van der Waals surface area contributed by atoms with E-state index in [0.29, 0.717) is 10.8 Å². The first-order valence-corrected chi connectivity index (χ1v) is 15.4. The molecular formula is C31H38ClN3O5S. The van der Waals surface area contributed by atoms with Crippen LogP contribution in [0.15, 0.2) is 72.8 Å². The van der Waals surface area contributed by atoms with E-state index in [4.69, 9.17) is 16.3 Å². The van der Waals surface area contributed by atoms with Gasteiger partial charge in [0.25, 0.3) is 0 Å². The lowest BCUT2D eigenvalue weighted by Gasteiger charge is -2.35. The Morgan fingerprint density at radius 1 is 0.976 bits per heavy atom. The number of benzene rings is 3. The van der Waals surface area contributed by atoms with Crippen LogP contribution in [-0.2, 0) is 32.6 Å². The molecule has 1 N–H and O–H groups in total. The van der Waals surface area contributed by atoms with Gasteiger partial charge in [-0.25, -0.2) is 8.42 Å². The lowest BCUT2D eigenvalue weighted by molar-refractivity contribution is -0.140. The summed E-state index contributed by atoms with van der Waals surface area (Å²) in [5.41, 5.74) is 2.06. The predicted molar refractivity (Wildman–Crippen MR) is 164 cm³/mol. The van der Waals surface area contributed by atoms with Gasteiger partial charge in [-0.15, -0.1) is 0 Å². The van der Waals surface area contributed by atoms with Crippen LogP contribution in [0.5, 0.6) is 5.75 Å². The standard InChI is InChI=1S/C31H38ClN3O5S/c1-22-15-16-25(19-27(22)32)35(41(6,38)39)21-29(36)34(20-24-13-10-14-26(17-24)40-5)28(30(37)33-31(2,3)4)18-23-11-8-7-9-12-23/h7-17,19,28H,18,20-21H2,1-6H3,(H,33,37)/t28-/m1/s1. The monoisotopic (exact) mass is 599 g/mol. The van der Waals surface area contributed by atoms with Crippen molar-refractivity contribution in [3.63, 3.8) is 0 Å². The molecule has 2 amide bonds. The Bertz CT molecular complexity index is 1470. The summed E-state index contributed by atoms with van der Waals surface area (Å²) in [5, 5.41) is 3.38. The second-order valence-corrected chi connectivity index (χ2v) is 13.3. The van der Waals surface area contributed by atoms with Gasteiger partial charge in [0.2, 0.25) is 21.8 Å². The number of methoxy groups -OCH3 is 1. The minimum Gasteiger partial charge on any atom is -0.497 e. The van der Waals surface area contributed by atoms with Crippen molar-refractivity contribution in [1.29, 1.82) is 0 Å². The van der Waals surface area contributed by atoms with Crippen LogP contribution in [0, 0.1) is 6.92 Å². The number of anilines is 1. The summed E-state index contributed by atoms with van der Waals surface area (Å²) in [6.07, 6.45) is 1.27. The lowest BCUT2D eigenvalue weighted by Crippen LogP contribution is -2.56. The highest BCUT2D eigenvalue weighted by atomic mass is 35.5. The van der Waals surface area contributed by atoms with Gasteiger partial charge < -0.3 is 15.0 Å². The minimum atomic E-state index is -3.89. The Hall–Kier alpha value is -3.56. The van der Waals surface area contributed by atoms with Crippen molar-refractivity contribution in [1.82, 2.24) is 10.2 Å². The number of rotatable bonds is 11. The molecule has 0 aromatic heterocycles. The van der Waals surface area contributed by atoms with E-state index in [1.54, 1.807) is 44.4 Å². The van der Waals surface area contributed by atoms with Crippen molar-refractivity contribution in [2.24, 2.45) is 0 Å². The lowest BCUT2D eigenvalue weighted by atomic mass is 10.0. The van der Waals surface area contributed by atoms with E-state index in [2.05, 4.69) is 5.32 Å². The SMILES string of the molecule is COc1cccc(CN(C(=O)CN(c2ccc(C)c(Cl)c2)S(C)(=O)=O)[C@H](Cc2ccccc2)C(=O)NC(C)(C)C)c1. The summed E-state index contributed by atoms with van der Waals surface area (Å²) in [5.74, 6) is -0.289. The van der Waals surface area contributed by atoms with Gasteiger partial charge in [-0.05, 0) is 68.7 Å². The summed E-state index contributed by atoms with van der Waals surface area (Å²) in [7, 11) is -2.34. The maximum atomic E-state index is 14.2. The highest BCUT2D eigenvalue weighted by Crippen LogP contribution is 2.26. The van der Waals surface area contributed by atoms with Gasteiger partial charge in [-0.1, -0.05) is 60.1 Å². The molecule has 0 aliphatic carbocycles. The largest absolute Gasteiger partial charge is 0.497 e. The number of carbonyl (C=O) groups excluding carboxylic acids is 2. The van der Waals surface area contributed by atoms with E-state index in [1.807, 2.05) is 57.2 Å². The molecule has 3 aromatic rings. The van der Waals surface area contributed by atoms with Gasteiger partial charge in [0, 0.05) is 23.5 Å². The Labute approximate surface area is 248 Å². The molecule has 0 aliphatic heterocycles. The molecule has 0 fully saturated rings. The molecule has 0 heterocycles. The fourth-order valence-electron chi connectivity index (χ4n) is 4.32. The van der Waals surface area contributed by atoms with Gasteiger partial charge >= 0.3 is 0 Å². The van der Waals surface area contributed by atoms with Crippen LogP contribution in [0.25, 0.3) is 0 Å². The molecule has 10 heteroatoms. The Balaban J connectivity index is 2.10. The van der Waals surface area contributed by atoms with Crippen LogP contribution in [0.1, 0.15) is 37.5 Å². The van der Waals surface area contributed by atoms with Crippen molar-refractivity contribution >= 4 is 39.1 Å². The molecule has 1 atom stereocenters. The van der Waals surface area contributed by atoms with Crippen LogP contribution < -0.4 is 14.4 Å². The maximum Gasteiger partial charge on any atom is 0.244 e. The first-order chi connectivity index (χ1) is 19.2. The van der Waals surface area contributed by atoms with Gasteiger partial charge in [0.05, 0.1) is 19.1 Å². The number of amides is 2. The number of hydrogen-bond donors (Lipinski definition) is 1. The third-order valence-corrected chi connectivity index (χ3v) is 7.93. The number of aryl methyl sites for hydroxylation is 1. The van der Waals surface area contributed by atoms with Crippen molar-refractivity contribution in [3.8, 4) is 5.75 Å². The van der Waals surface area contributed by atoms with Crippen LogP contribution >= 0.6 is 11.6 Å². The Morgan fingerprint density at radius 2 is 1.63 bits per heavy atom. The van der Waals surface area contributed by atoms with Crippen LogP contribution in [0.2, 0.25) is 5.02 Å². The first kappa shape index (κ1) is 32.0. The molecule has 0 saturated heterocycles. The van der Waals surface area contributed by atoms with Crippen LogP contribution in [0.4, 0.5) is 5.69 Å². The van der Waals surface area contributed by atoms with E-state index >= 15 is 0 Å². The fraction of sp³-hybridized carbons (Fsp3) is 0.355. The normalized spacial score (nSPS) is 12.4. The zero-order valence-corrected chi connectivity index (χ0v) is 25.9. The summed E-state index contributed by atoms with van der Waals surface area (Å²) in [6, 6.07) is 20.5. The van der Waals surface area contributed by atoms with E-state index in [1.165, 1.54) is 11.0 Å². The number of hydrogen-bond acceptors (Lipinski definition) is 5. The van der Waals surface area contributed by atoms with Crippen LogP contribution in [-0.4, -0.2) is 56.6 Å². The van der Waals surface area contributed by atoms with Crippen molar-refractivity contribution < 1.29 is 22.7 Å². The highest BCUT2D eigenvalue weighted by molar-refractivity contribution is 7.92. The van der Waals surface area contributed by atoms with Crippen molar-refractivity contribution in [3.05, 3.63) is 94.5 Å². The number of sulfonamides is 1. The number of nitrogens with one attached hydrogen (secondary N) is 1. The summed E-state index contributed by atoms with van der Waals surface area (Å²) in [6.45, 7) is 6.94. The zero-order chi connectivity index (χ0) is 30.4. The molecule has 0 spiro atoms. The molecule has 0 bridgehead atoms. The number of ether oxygens (including phenoxy) is 1. The van der Waals surface area contributed by atoms with Gasteiger partial charge in [0.15, 0.2) is 0 Å². The van der Waals surface area contributed by atoms with Gasteiger partial charge in [0.1, 0.15) is 18.3 Å². The Kier molecular flexibility index (Phi) is 10.4. The van der Waals surface area contributed by atoms with E-state index < -0.39 is 34.1 Å². The third-order valence-electron chi connectivity index (χ3n) is 6.38. The molecule has 0 radical (unpaired) electrons. The summed E-state index contributed by atoms with van der Waals surface area (Å²) in [4.78, 5) is 29.4. The summed E-state index contributed by atoms with van der Waals surface area (Å²) >= 11 is 6.31. The quantitative estimate of drug-likeness (QED) is 0.335. The van der Waals surface area contributed by atoms with Crippen LogP contribution in [0.3, 0.4) is 0 Å². The van der Waals surface area contributed by atoms with Gasteiger partial charge in [-0.2, -0.15) is 0 Å². The highest BCUT2D eigenvalue weighted by Gasteiger charge is 2.34. The molecule has 3 aromatic carbocycles. The number of carbonyl (C=O) groups is 2. The number of halogens is 1. The molecular weight excluding hydrogens is 562 g/mol. The molecule has 0 saturated carbocycles. The molecule has 0 unspecified atom stereocenters. The van der Waals surface area contributed by atoms with Crippen molar-refractivity contribution in [2.75, 3.05) is 24.2 Å². The summed E-state index contributed by atoms with van der Waals surface area (Å²) < 4.78 is 32.2. The second-order valence-electron chi connectivity index (χ2n) is 11.0. The van der Waals surface area contributed by atoms with E-state index in [0.717, 1.165) is 27.3 Å². The third kappa shape index (κ3) is 9.23. The van der Waals surface area contributed by atoms with Gasteiger partial charge in [-0.3, -0.25) is 13.9 Å². The fourth-order valence-corrected chi connectivity index (χ4v) is 5.34. The maximum absolute atomic E-state index is 14.2. The van der Waals surface area contributed by atoms with E-state index in [9.17, 15) is 18.0 Å². The molecule has 3 rings (SSSR count). The molecule has 41 heavy (non-hydrogen) atoms. The topological polar surface area (TPSA) is 96.0 Å². The zero-order valence-electron chi connectivity index (χ0n) is 24.3. The van der Waals surface area contributed by atoms with Crippen molar-refractivity contribution in [2.45, 2.75) is 52.2 Å². The average molecular weight is 600 g/mol. The number of nitrogens with zero attached hydrogens (tertiary/aromatic N) is 2. The van der Waals surface area contributed by atoms with E-state index in [-0.39, 0.29) is 24.6 Å². The molecule has 220 valence electrons. The smallest absolute Gasteiger partial charge is 0.244 e. The predicted octanol–water partition coefficient (Wildman–Crippen LogP) is 4.98. The second kappa shape index (κ2) is 13.4. The minimum absolute atomic E-state index is 0.0529. The first-order valence-electron chi connectivity index (χ1n) is 13.2.